The standard InChI is InChI=1S/C20H34O3/c1-13-5-6-15-19(4)9-8-16(22)18(2,3)14(19)7-10-20(15,12-21)17(23)11-13/h5,14-17,21-23H,6-12H2,1-4H3. The Hall–Kier alpha value is -0.380. The zero-order chi connectivity index (χ0) is 17.0. The van der Waals surface area contributed by atoms with Crippen LogP contribution in [0.15, 0.2) is 11.6 Å². The number of hydrogen-bond acceptors (Lipinski definition) is 3. The molecule has 0 aromatic rings. The van der Waals surface area contributed by atoms with Crippen molar-refractivity contribution in [1.82, 2.24) is 0 Å². The van der Waals surface area contributed by atoms with Crippen molar-refractivity contribution in [1.29, 1.82) is 0 Å². The van der Waals surface area contributed by atoms with Crippen molar-refractivity contribution in [2.45, 2.75) is 78.4 Å². The van der Waals surface area contributed by atoms with Crippen LogP contribution in [0.5, 0.6) is 0 Å². The largest absolute Gasteiger partial charge is 0.396 e. The molecule has 0 aromatic heterocycles. The minimum Gasteiger partial charge on any atom is -0.396 e. The number of rotatable bonds is 1. The lowest BCUT2D eigenvalue weighted by atomic mass is 9.41. The first-order valence-electron chi connectivity index (χ1n) is 9.31. The summed E-state index contributed by atoms with van der Waals surface area (Å²) in [4.78, 5) is 0. The summed E-state index contributed by atoms with van der Waals surface area (Å²) in [5.41, 5.74) is 0.851. The Bertz CT molecular complexity index is 497. The van der Waals surface area contributed by atoms with Crippen LogP contribution in [-0.4, -0.2) is 34.1 Å². The zero-order valence-corrected chi connectivity index (χ0v) is 15.2. The fraction of sp³-hybridized carbons (Fsp3) is 0.900. The van der Waals surface area contributed by atoms with Gasteiger partial charge >= 0.3 is 0 Å². The van der Waals surface area contributed by atoms with Crippen LogP contribution in [0.25, 0.3) is 0 Å². The van der Waals surface area contributed by atoms with E-state index in [-0.39, 0.29) is 34.9 Å². The van der Waals surface area contributed by atoms with Gasteiger partial charge in [-0.15, -0.1) is 0 Å². The maximum absolute atomic E-state index is 10.9. The van der Waals surface area contributed by atoms with Gasteiger partial charge in [-0.05, 0) is 68.1 Å². The third kappa shape index (κ3) is 2.34. The number of allylic oxidation sites excluding steroid dienone is 1. The molecule has 0 saturated heterocycles. The van der Waals surface area contributed by atoms with Gasteiger partial charge in [-0.25, -0.2) is 0 Å². The van der Waals surface area contributed by atoms with Gasteiger partial charge in [0.05, 0.1) is 18.8 Å². The van der Waals surface area contributed by atoms with Gasteiger partial charge in [0.2, 0.25) is 0 Å². The van der Waals surface area contributed by atoms with E-state index in [9.17, 15) is 15.3 Å². The van der Waals surface area contributed by atoms with Gasteiger partial charge in [0.25, 0.3) is 0 Å². The molecule has 3 N–H and O–H groups in total. The van der Waals surface area contributed by atoms with E-state index in [1.807, 2.05) is 0 Å². The fourth-order valence-corrected chi connectivity index (χ4v) is 6.55. The van der Waals surface area contributed by atoms with E-state index in [1.54, 1.807) is 0 Å². The summed E-state index contributed by atoms with van der Waals surface area (Å²) in [6.45, 7) is 8.95. The minimum atomic E-state index is -0.455. The van der Waals surface area contributed by atoms with E-state index in [2.05, 4.69) is 33.8 Å². The highest BCUT2D eigenvalue weighted by atomic mass is 16.3. The Labute approximate surface area is 140 Å². The topological polar surface area (TPSA) is 60.7 Å². The van der Waals surface area contributed by atoms with Crippen LogP contribution < -0.4 is 0 Å². The summed E-state index contributed by atoms with van der Waals surface area (Å²) in [7, 11) is 0. The number of hydrogen-bond donors (Lipinski definition) is 3. The average molecular weight is 322 g/mol. The Kier molecular flexibility index (Phi) is 4.23. The van der Waals surface area contributed by atoms with E-state index in [0.717, 1.165) is 32.1 Å². The van der Waals surface area contributed by atoms with Crippen molar-refractivity contribution in [3.05, 3.63) is 11.6 Å². The maximum atomic E-state index is 10.9. The lowest BCUT2D eigenvalue weighted by Gasteiger charge is -2.64. The van der Waals surface area contributed by atoms with Crippen LogP contribution in [0, 0.1) is 28.1 Å². The molecule has 0 spiro atoms. The molecule has 0 aliphatic heterocycles. The Balaban J connectivity index is 2.06. The third-order valence-corrected chi connectivity index (χ3v) is 8.07. The minimum absolute atomic E-state index is 0.0746. The van der Waals surface area contributed by atoms with Gasteiger partial charge < -0.3 is 15.3 Å². The molecule has 6 unspecified atom stereocenters. The normalized spacial score (nSPS) is 49.6. The highest BCUT2D eigenvalue weighted by molar-refractivity contribution is 5.17. The lowest BCUT2D eigenvalue weighted by Crippen LogP contribution is -2.62. The van der Waals surface area contributed by atoms with Crippen molar-refractivity contribution >= 4 is 0 Å². The van der Waals surface area contributed by atoms with Gasteiger partial charge in [0, 0.05) is 5.41 Å². The summed E-state index contributed by atoms with van der Waals surface area (Å²) in [6, 6.07) is 0. The van der Waals surface area contributed by atoms with Gasteiger partial charge in [-0.2, -0.15) is 0 Å². The third-order valence-electron chi connectivity index (χ3n) is 8.07. The summed E-state index contributed by atoms with van der Waals surface area (Å²) in [5.74, 6) is 0.736. The van der Waals surface area contributed by atoms with E-state index >= 15 is 0 Å². The molecule has 0 amide bonds. The summed E-state index contributed by atoms with van der Waals surface area (Å²) >= 11 is 0. The predicted octanol–water partition coefficient (Wildman–Crippen LogP) is 3.28. The number of aliphatic hydroxyl groups is 3. The van der Waals surface area contributed by atoms with Gasteiger partial charge in [-0.1, -0.05) is 32.4 Å². The second-order valence-corrected chi connectivity index (χ2v) is 9.42. The van der Waals surface area contributed by atoms with E-state index in [1.165, 1.54) is 5.57 Å². The molecule has 132 valence electrons. The summed E-state index contributed by atoms with van der Waals surface area (Å²) in [6.07, 6.45) is 6.91. The molecule has 3 aliphatic carbocycles. The second kappa shape index (κ2) is 5.57. The van der Waals surface area contributed by atoms with Crippen LogP contribution >= 0.6 is 0 Å². The first-order valence-corrected chi connectivity index (χ1v) is 9.31. The lowest BCUT2D eigenvalue weighted by molar-refractivity contribution is -0.204. The zero-order valence-electron chi connectivity index (χ0n) is 15.2. The first kappa shape index (κ1) is 17.4. The van der Waals surface area contributed by atoms with Crippen LogP contribution in [0.2, 0.25) is 0 Å². The molecular weight excluding hydrogens is 288 g/mol. The van der Waals surface area contributed by atoms with Crippen molar-refractivity contribution in [3.8, 4) is 0 Å². The SMILES string of the molecule is CC1=CCC2C3(C)CCC(O)C(C)(C)C3CCC2(CO)C(O)C1. The van der Waals surface area contributed by atoms with Crippen LogP contribution in [0.4, 0.5) is 0 Å². The highest BCUT2D eigenvalue weighted by Gasteiger charge is 2.62. The fourth-order valence-electron chi connectivity index (χ4n) is 6.55. The molecule has 3 aliphatic rings. The second-order valence-electron chi connectivity index (χ2n) is 9.42. The molecule has 3 nitrogen and oxygen atoms in total. The van der Waals surface area contributed by atoms with Crippen LogP contribution in [-0.2, 0) is 0 Å². The molecule has 3 rings (SSSR count). The molecular formula is C20H34O3. The van der Waals surface area contributed by atoms with Crippen molar-refractivity contribution < 1.29 is 15.3 Å². The molecule has 23 heavy (non-hydrogen) atoms. The molecule has 3 heteroatoms. The smallest absolute Gasteiger partial charge is 0.0658 e. The van der Waals surface area contributed by atoms with Crippen molar-refractivity contribution in [2.24, 2.45) is 28.1 Å². The van der Waals surface area contributed by atoms with E-state index in [4.69, 9.17) is 0 Å². The van der Waals surface area contributed by atoms with E-state index in [0.29, 0.717) is 12.3 Å². The van der Waals surface area contributed by atoms with Crippen molar-refractivity contribution in [3.63, 3.8) is 0 Å². The Morgan fingerprint density at radius 3 is 2.39 bits per heavy atom. The Morgan fingerprint density at radius 1 is 1.04 bits per heavy atom. The average Bonchev–Trinajstić information content (AvgIpc) is 2.61. The monoisotopic (exact) mass is 322 g/mol. The maximum Gasteiger partial charge on any atom is 0.0658 e. The quantitative estimate of drug-likeness (QED) is 0.649. The number of fused-ring (bicyclic) bond motifs is 3. The predicted molar refractivity (Wildman–Crippen MR) is 91.9 cm³/mol. The summed E-state index contributed by atoms with van der Waals surface area (Å²) < 4.78 is 0. The molecule has 0 radical (unpaired) electrons. The number of aliphatic hydroxyl groups excluding tert-OH is 3. The molecule has 0 aromatic carbocycles. The first-order chi connectivity index (χ1) is 10.7. The van der Waals surface area contributed by atoms with Crippen LogP contribution in [0.1, 0.15) is 66.2 Å². The van der Waals surface area contributed by atoms with Crippen molar-refractivity contribution in [2.75, 3.05) is 6.61 Å². The molecule has 2 fully saturated rings. The summed E-state index contributed by atoms with van der Waals surface area (Å²) in [5, 5.41) is 31.8. The molecule has 2 saturated carbocycles. The van der Waals surface area contributed by atoms with Gasteiger partial charge in [-0.3, -0.25) is 0 Å². The highest BCUT2D eigenvalue weighted by Crippen LogP contribution is 2.66. The van der Waals surface area contributed by atoms with Gasteiger partial charge in [0.15, 0.2) is 0 Å². The van der Waals surface area contributed by atoms with Crippen LogP contribution in [0.3, 0.4) is 0 Å². The molecule has 0 heterocycles. The van der Waals surface area contributed by atoms with Gasteiger partial charge in [0.1, 0.15) is 0 Å². The Morgan fingerprint density at radius 2 is 1.74 bits per heavy atom. The van der Waals surface area contributed by atoms with E-state index < -0.39 is 6.10 Å². The molecule has 6 atom stereocenters. The molecule has 0 bridgehead atoms.